The largest absolute Gasteiger partial charge is 0.465 e. The summed E-state index contributed by atoms with van der Waals surface area (Å²) in [5.41, 5.74) is -1.25. The Balaban J connectivity index is 4.41. The number of hydrogen-bond donors (Lipinski definition) is 4. The summed E-state index contributed by atoms with van der Waals surface area (Å²) >= 11 is 0. The second-order valence-electron chi connectivity index (χ2n) is 10.7. The van der Waals surface area contributed by atoms with E-state index in [1.807, 2.05) is 0 Å². The van der Waals surface area contributed by atoms with Crippen molar-refractivity contribution in [1.82, 2.24) is 0 Å². The summed E-state index contributed by atoms with van der Waals surface area (Å²) in [6.07, 6.45) is -3.61. The van der Waals surface area contributed by atoms with Crippen molar-refractivity contribution in [1.29, 1.82) is 0 Å². The van der Waals surface area contributed by atoms with E-state index in [9.17, 15) is 30.0 Å². The summed E-state index contributed by atoms with van der Waals surface area (Å²) in [6, 6.07) is 0. The summed E-state index contributed by atoms with van der Waals surface area (Å²) in [6.45, 7) is 13.9. The van der Waals surface area contributed by atoms with Crippen molar-refractivity contribution in [3.8, 4) is 0 Å². The van der Waals surface area contributed by atoms with Gasteiger partial charge in [-0.3, -0.25) is 9.59 Å². The number of aliphatic hydroxyl groups is 4. The van der Waals surface area contributed by atoms with Gasteiger partial charge in [0.15, 0.2) is 0 Å². The molecule has 0 spiro atoms. The molecule has 0 aliphatic rings. The van der Waals surface area contributed by atoms with E-state index in [1.54, 1.807) is 55.4 Å². The summed E-state index contributed by atoms with van der Waals surface area (Å²) in [7, 11) is 0. The number of hydrogen-bond acceptors (Lipinski definition) is 8. The molecule has 31 heavy (non-hydrogen) atoms. The highest BCUT2D eigenvalue weighted by molar-refractivity contribution is 5.75. The second kappa shape index (κ2) is 12.7. The molecule has 0 aromatic rings. The van der Waals surface area contributed by atoms with Gasteiger partial charge in [-0.25, -0.2) is 0 Å². The molecule has 8 heteroatoms. The van der Waals surface area contributed by atoms with E-state index in [0.29, 0.717) is 0 Å². The van der Waals surface area contributed by atoms with Crippen LogP contribution in [0.5, 0.6) is 0 Å². The molecule has 184 valence electrons. The van der Waals surface area contributed by atoms with Crippen molar-refractivity contribution in [2.24, 2.45) is 22.7 Å². The molecule has 0 amide bonds. The van der Waals surface area contributed by atoms with Crippen LogP contribution in [0.3, 0.4) is 0 Å². The van der Waals surface area contributed by atoms with Crippen LogP contribution in [0, 0.1) is 22.7 Å². The fourth-order valence-corrected chi connectivity index (χ4v) is 2.60. The standard InChI is InChI=1S/C23H44O8/c1-14(13-31-21(29)23(6,7)8)17(25)12-19(27)15(2)18(26)11-16(24)9-10-30-20(28)22(3,4)5/h14-19,24-27H,9-13H2,1-8H3/t14-,15+,16+,17-,18-,19-/m1/s1. The van der Waals surface area contributed by atoms with Gasteiger partial charge in [-0.2, -0.15) is 0 Å². The van der Waals surface area contributed by atoms with E-state index >= 15 is 0 Å². The highest BCUT2D eigenvalue weighted by Gasteiger charge is 2.30. The zero-order valence-electron chi connectivity index (χ0n) is 20.4. The fraction of sp³-hybridized carbons (Fsp3) is 0.913. The van der Waals surface area contributed by atoms with Gasteiger partial charge in [-0.15, -0.1) is 0 Å². The number of rotatable bonds is 12. The molecule has 0 unspecified atom stereocenters. The van der Waals surface area contributed by atoms with E-state index in [0.717, 1.165) is 0 Å². The summed E-state index contributed by atoms with van der Waals surface area (Å²) < 4.78 is 10.3. The Morgan fingerprint density at radius 2 is 1.19 bits per heavy atom. The number of aliphatic hydroxyl groups excluding tert-OH is 4. The number of ether oxygens (including phenoxy) is 2. The molecule has 0 bridgehead atoms. The minimum atomic E-state index is -1.00. The first-order valence-corrected chi connectivity index (χ1v) is 11.0. The van der Waals surface area contributed by atoms with Crippen molar-refractivity contribution in [2.75, 3.05) is 13.2 Å². The first-order valence-electron chi connectivity index (χ1n) is 11.0. The Morgan fingerprint density at radius 3 is 1.68 bits per heavy atom. The number of carbonyl (C=O) groups is 2. The molecule has 4 N–H and O–H groups in total. The Morgan fingerprint density at radius 1 is 0.742 bits per heavy atom. The molecule has 0 radical (unpaired) electrons. The maximum absolute atomic E-state index is 11.8. The van der Waals surface area contributed by atoms with E-state index in [1.165, 1.54) is 0 Å². The van der Waals surface area contributed by atoms with Crippen LogP contribution < -0.4 is 0 Å². The first-order chi connectivity index (χ1) is 14.0. The molecule has 6 atom stereocenters. The van der Waals surface area contributed by atoms with Crippen LogP contribution in [0.2, 0.25) is 0 Å². The lowest BCUT2D eigenvalue weighted by atomic mass is 9.88. The first kappa shape index (κ1) is 29.8. The molecule has 0 aromatic heterocycles. The summed E-state index contributed by atoms with van der Waals surface area (Å²) in [4.78, 5) is 23.6. The van der Waals surface area contributed by atoms with Gasteiger partial charge in [-0.1, -0.05) is 13.8 Å². The molecule has 0 fully saturated rings. The van der Waals surface area contributed by atoms with Crippen molar-refractivity contribution < 1.29 is 39.5 Å². The maximum Gasteiger partial charge on any atom is 0.311 e. The third kappa shape index (κ3) is 11.8. The van der Waals surface area contributed by atoms with Gasteiger partial charge in [0.05, 0.1) is 48.5 Å². The van der Waals surface area contributed by atoms with Gasteiger partial charge in [0, 0.05) is 18.3 Å². The lowest BCUT2D eigenvalue weighted by molar-refractivity contribution is -0.155. The van der Waals surface area contributed by atoms with E-state index in [-0.39, 0.29) is 50.3 Å². The van der Waals surface area contributed by atoms with Crippen LogP contribution in [-0.2, 0) is 19.1 Å². The molecular weight excluding hydrogens is 404 g/mol. The third-order valence-electron chi connectivity index (χ3n) is 5.25. The molecule has 8 nitrogen and oxygen atoms in total. The van der Waals surface area contributed by atoms with Crippen LogP contribution >= 0.6 is 0 Å². The second-order valence-corrected chi connectivity index (χ2v) is 10.7. The molecule has 0 rings (SSSR count). The zero-order valence-corrected chi connectivity index (χ0v) is 20.4. The van der Waals surface area contributed by atoms with Gasteiger partial charge < -0.3 is 29.9 Å². The van der Waals surface area contributed by atoms with Crippen molar-refractivity contribution in [2.45, 2.75) is 99.1 Å². The lowest BCUT2D eigenvalue weighted by Gasteiger charge is -2.29. The summed E-state index contributed by atoms with van der Waals surface area (Å²) in [5.74, 6) is -1.70. The minimum Gasteiger partial charge on any atom is -0.465 e. The molecule has 0 aliphatic heterocycles. The average molecular weight is 449 g/mol. The SMILES string of the molecule is C[C@@H]([C@H](O)C[C@@H](O)CCOC(=O)C(C)(C)C)[C@H](O)C[C@@H](O)[C@H](C)COC(=O)C(C)(C)C. The van der Waals surface area contributed by atoms with E-state index in [4.69, 9.17) is 9.47 Å². The van der Waals surface area contributed by atoms with Gasteiger partial charge in [0.2, 0.25) is 0 Å². The molecule has 0 aliphatic carbocycles. The zero-order chi connectivity index (χ0) is 24.6. The van der Waals surface area contributed by atoms with Crippen molar-refractivity contribution >= 4 is 11.9 Å². The predicted octanol–water partition coefficient (Wildman–Crippen LogP) is 2.05. The Bertz CT molecular complexity index is 549. The Kier molecular flexibility index (Phi) is 12.2. The van der Waals surface area contributed by atoms with Crippen LogP contribution in [0.25, 0.3) is 0 Å². The van der Waals surface area contributed by atoms with E-state index < -0.39 is 41.2 Å². The van der Waals surface area contributed by atoms with Crippen LogP contribution in [0.4, 0.5) is 0 Å². The molecular formula is C23H44O8. The smallest absolute Gasteiger partial charge is 0.311 e. The fourth-order valence-electron chi connectivity index (χ4n) is 2.60. The highest BCUT2D eigenvalue weighted by Crippen LogP contribution is 2.22. The lowest BCUT2D eigenvalue weighted by Crippen LogP contribution is -2.37. The molecule has 0 saturated heterocycles. The molecule has 0 aromatic carbocycles. The van der Waals surface area contributed by atoms with Gasteiger partial charge in [-0.05, 0) is 54.4 Å². The quantitative estimate of drug-likeness (QED) is 0.333. The van der Waals surface area contributed by atoms with Crippen LogP contribution in [0.15, 0.2) is 0 Å². The predicted molar refractivity (Wildman–Crippen MR) is 117 cm³/mol. The normalized spacial score (nSPS) is 18.5. The van der Waals surface area contributed by atoms with Gasteiger partial charge in [0.1, 0.15) is 0 Å². The van der Waals surface area contributed by atoms with Crippen LogP contribution in [-0.4, -0.2) is 70.0 Å². The molecule has 0 heterocycles. The van der Waals surface area contributed by atoms with Crippen molar-refractivity contribution in [3.63, 3.8) is 0 Å². The minimum absolute atomic E-state index is 0.00571. The topological polar surface area (TPSA) is 134 Å². The summed E-state index contributed by atoms with van der Waals surface area (Å²) in [5, 5.41) is 41.1. The monoisotopic (exact) mass is 448 g/mol. The highest BCUT2D eigenvalue weighted by atomic mass is 16.5. The third-order valence-corrected chi connectivity index (χ3v) is 5.25. The average Bonchev–Trinajstić information content (AvgIpc) is 2.62. The maximum atomic E-state index is 11.8. The van der Waals surface area contributed by atoms with Crippen LogP contribution in [0.1, 0.15) is 74.7 Å². The number of esters is 2. The van der Waals surface area contributed by atoms with Crippen molar-refractivity contribution in [3.05, 3.63) is 0 Å². The van der Waals surface area contributed by atoms with E-state index in [2.05, 4.69) is 0 Å². The Hall–Kier alpha value is -1.22. The van der Waals surface area contributed by atoms with Gasteiger partial charge in [0.25, 0.3) is 0 Å². The number of carbonyl (C=O) groups excluding carboxylic acids is 2. The Labute approximate surface area is 186 Å². The van der Waals surface area contributed by atoms with Gasteiger partial charge >= 0.3 is 11.9 Å². The molecule has 0 saturated carbocycles.